The number of carboxylic acids is 1. The molecule has 2 N–H and O–H groups in total. The highest BCUT2D eigenvalue weighted by atomic mass is 127. The Morgan fingerprint density at radius 3 is 2.53 bits per heavy atom. The number of nitrogens with zero attached hydrogens (tertiary/aromatic N) is 1. The second-order valence-electron chi connectivity index (χ2n) is 2.45. The zero-order valence-corrected chi connectivity index (χ0v) is 9.16. The van der Waals surface area contributed by atoms with Gasteiger partial charge in [-0.3, -0.25) is 10.1 Å². The lowest BCUT2D eigenvalue weighted by atomic mass is 10.1. The fourth-order valence-electron chi connectivity index (χ4n) is 0.955. The Kier molecular flexibility index (Phi) is 3.29. The van der Waals surface area contributed by atoms with Crippen molar-refractivity contribution in [2.24, 2.45) is 0 Å². The van der Waals surface area contributed by atoms with Crippen molar-refractivity contribution in [1.29, 1.82) is 0 Å². The highest BCUT2D eigenvalue weighted by Crippen LogP contribution is 2.39. The maximum atomic E-state index is 10.6. The fraction of sp³-hybridized carbons (Fsp3) is 0. The Morgan fingerprint density at radius 2 is 2.13 bits per heavy atom. The van der Waals surface area contributed by atoms with Crippen LogP contribution in [0.15, 0.2) is 12.1 Å². The van der Waals surface area contributed by atoms with Crippen LogP contribution in [-0.4, -0.2) is 21.1 Å². The summed E-state index contributed by atoms with van der Waals surface area (Å²) in [6.07, 6.45) is 0. The summed E-state index contributed by atoms with van der Waals surface area (Å²) in [7, 11) is 0. The zero-order valence-electron chi connectivity index (χ0n) is 7.01. The SMILES string of the molecule is O=C(O)c1ccc([N+](=O)[O-])c(O)c1OI. The number of aromatic hydroxyl groups is 1. The summed E-state index contributed by atoms with van der Waals surface area (Å²) in [4.78, 5) is 20.2. The highest BCUT2D eigenvalue weighted by Gasteiger charge is 2.24. The van der Waals surface area contributed by atoms with Crippen molar-refractivity contribution in [3.8, 4) is 11.5 Å². The zero-order chi connectivity index (χ0) is 11.6. The van der Waals surface area contributed by atoms with Gasteiger partial charge in [-0.15, -0.1) is 0 Å². The van der Waals surface area contributed by atoms with Crippen molar-refractivity contribution in [2.45, 2.75) is 0 Å². The molecule has 0 saturated carbocycles. The molecule has 0 bridgehead atoms. The van der Waals surface area contributed by atoms with Gasteiger partial charge < -0.3 is 13.3 Å². The molecule has 0 aliphatic carbocycles. The van der Waals surface area contributed by atoms with Gasteiger partial charge in [0.1, 0.15) is 5.56 Å². The number of phenols is 1. The van der Waals surface area contributed by atoms with Crippen LogP contribution in [0.2, 0.25) is 0 Å². The van der Waals surface area contributed by atoms with E-state index in [1.165, 1.54) is 23.0 Å². The van der Waals surface area contributed by atoms with Crippen LogP contribution >= 0.6 is 23.0 Å². The largest absolute Gasteiger partial charge is 0.499 e. The average molecular weight is 325 g/mol. The first-order valence-electron chi connectivity index (χ1n) is 3.51. The van der Waals surface area contributed by atoms with Crippen molar-refractivity contribution >= 4 is 34.7 Å². The average Bonchev–Trinajstić information content (AvgIpc) is 2.16. The van der Waals surface area contributed by atoms with Gasteiger partial charge in [0, 0.05) is 6.07 Å². The van der Waals surface area contributed by atoms with Gasteiger partial charge in [-0.05, 0) is 6.07 Å². The van der Waals surface area contributed by atoms with E-state index in [0.717, 1.165) is 12.1 Å². The first-order chi connectivity index (χ1) is 6.99. The molecule has 0 unspecified atom stereocenters. The molecule has 0 fully saturated rings. The molecule has 0 aliphatic heterocycles. The van der Waals surface area contributed by atoms with Crippen molar-refractivity contribution in [2.75, 3.05) is 0 Å². The number of hydrogen-bond donors (Lipinski definition) is 2. The summed E-state index contributed by atoms with van der Waals surface area (Å²) in [6.45, 7) is 0. The Morgan fingerprint density at radius 1 is 1.53 bits per heavy atom. The number of nitro groups is 1. The lowest BCUT2D eigenvalue weighted by Gasteiger charge is -2.04. The first kappa shape index (κ1) is 11.5. The summed E-state index contributed by atoms with van der Waals surface area (Å²) >= 11 is 1.33. The maximum absolute atomic E-state index is 10.6. The van der Waals surface area contributed by atoms with Crippen LogP contribution in [0.4, 0.5) is 5.69 Å². The van der Waals surface area contributed by atoms with E-state index in [1.54, 1.807) is 0 Å². The standard InChI is InChI=1S/C7H4INO6/c8-15-6-3(7(11)12)1-2-4(5(6)10)9(13)14/h1-2,10H,(H,11,12). The molecule has 15 heavy (non-hydrogen) atoms. The van der Waals surface area contributed by atoms with E-state index in [9.17, 15) is 20.0 Å². The number of rotatable bonds is 3. The van der Waals surface area contributed by atoms with Crippen molar-refractivity contribution in [3.05, 3.63) is 27.8 Å². The number of halogens is 1. The molecular formula is C7H4INO6. The fourth-order valence-corrected chi connectivity index (χ4v) is 1.40. The third-order valence-electron chi connectivity index (χ3n) is 1.61. The van der Waals surface area contributed by atoms with Crippen LogP contribution in [0.1, 0.15) is 10.4 Å². The predicted molar refractivity (Wildman–Crippen MR) is 56.4 cm³/mol. The molecule has 0 aliphatic rings. The van der Waals surface area contributed by atoms with Crippen LogP contribution in [0.25, 0.3) is 0 Å². The highest BCUT2D eigenvalue weighted by molar-refractivity contribution is 14.1. The van der Waals surface area contributed by atoms with Crippen LogP contribution in [0, 0.1) is 10.1 Å². The Balaban J connectivity index is 3.45. The smallest absolute Gasteiger partial charge is 0.339 e. The summed E-state index contributed by atoms with van der Waals surface area (Å²) in [6, 6.07) is 1.89. The lowest BCUT2D eigenvalue weighted by Crippen LogP contribution is -2.00. The second-order valence-corrected chi connectivity index (χ2v) is 2.89. The van der Waals surface area contributed by atoms with Gasteiger partial charge >= 0.3 is 11.7 Å². The minimum absolute atomic E-state index is 0.340. The van der Waals surface area contributed by atoms with E-state index >= 15 is 0 Å². The van der Waals surface area contributed by atoms with E-state index in [-0.39, 0.29) is 5.56 Å². The van der Waals surface area contributed by atoms with Crippen molar-refractivity contribution in [3.63, 3.8) is 0 Å². The number of phenolic OH excluding ortho intramolecular Hbond substituents is 1. The molecule has 80 valence electrons. The van der Waals surface area contributed by atoms with Crippen LogP contribution in [0.3, 0.4) is 0 Å². The van der Waals surface area contributed by atoms with Crippen LogP contribution < -0.4 is 3.07 Å². The van der Waals surface area contributed by atoms with E-state index in [0.29, 0.717) is 0 Å². The molecule has 0 spiro atoms. The minimum Gasteiger partial charge on any atom is -0.499 e. The molecule has 1 rings (SSSR count). The number of nitro benzene ring substituents is 1. The third-order valence-corrected chi connectivity index (χ3v) is 2.05. The first-order valence-corrected chi connectivity index (χ1v) is 4.39. The van der Waals surface area contributed by atoms with E-state index in [4.69, 9.17) is 5.11 Å². The molecule has 0 heterocycles. The molecule has 0 aromatic heterocycles. The third kappa shape index (κ3) is 2.09. The Bertz CT molecular complexity index is 432. The van der Waals surface area contributed by atoms with Gasteiger partial charge in [0.25, 0.3) is 0 Å². The topological polar surface area (TPSA) is 110 Å². The van der Waals surface area contributed by atoms with E-state index in [1.807, 2.05) is 0 Å². The van der Waals surface area contributed by atoms with Crippen LogP contribution in [-0.2, 0) is 0 Å². The quantitative estimate of drug-likeness (QED) is 0.497. The van der Waals surface area contributed by atoms with Gasteiger partial charge in [0.15, 0.2) is 28.8 Å². The van der Waals surface area contributed by atoms with Gasteiger partial charge in [0.2, 0.25) is 5.75 Å². The molecule has 0 radical (unpaired) electrons. The number of hydrogen-bond acceptors (Lipinski definition) is 5. The Labute approximate surface area is 97.1 Å². The van der Waals surface area contributed by atoms with Gasteiger partial charge in [-0.2, -0.15) is 0 Å². The minimum atomic E-state index is -1.34. The van der Waals surface area contributed by atoms with E-state index in [2.05, 4.69) is 3.07 Å². The Hall–Kier alpha value is -1.58. The number of carboxylic acid groups (broad SMARTS) is 1. The monoisotopic (exact) mass is 325 g/mol. The molecule has 0 saturated heterocycles. The molecule has 0 atom stereocenters. The second kappa shape index (κ2) is 4.29. The molecule has 1 aromatic carbocycles. The normalized spacial score (nSPS) is 9.67. The van der Waals surface area contributed by atoms with Crippen LogP contribution in [0.5, 0.6) is 11.5 Å². The predicted octanol–water partition coefficient (Wildman–Crippen LogP) is 1.73. The van der Waals surface area contributed by atoms with Gasteiger partial charge in [-0.1, -0.05) is 0 Å². The van der Waals surface area contributed by atoms with Gasteiger partial charge in [0.05, 0.1) is 4.92 Å². The molecule has 0 amide bonds. The number of benzene rings is 1. The lowest BCUT2D eigenvalue weighted by molar-refractivity contribution is -0.385. The van der Waals surface area contributed by atoms with Crippen molar-refractivity contribution in [1.82, 2.24) is 0 Å². The van der Waals surface area contributed by atoms with E-state index < -0.39 is 28.1 Å². The summed E-state index contributed by atoms with van der Waals surface area (Å²) < 4.78 is 4.56. The molecule has 7 nitrogen and oxygen atoms in total. The summed E-state index contributed by atoms with van der Waals surface area (Å²) in [5.74, 6) is -2.57. The molecule has 1 aromatic rings. The summed E-state index contributed by atoms with van der Waals surface area (Å²) in [5, 5.41) is 28.5. The molecular weight excluding hydrogens is 321 g/mol. The number of carbonyl (C=O) groups is 1. The number of aromatic carboxylic acids is 1. The van der Waals surface area contributed by atoms with Gasteiger partial charge in [-0.25, -0.2) is 4.79 Å². The molecule has 8 heteroatoms. The maximum Gasteiger partial charge on any atom is 0.339 e. The van der Waals surface area contributed by atoms with Crippen molar-refractivity contribution < 1.29 is 23.0 Å². The summed E-state index contributed by atoms with van der Waals surface area (Å²) in [5.41, 5.74) is -0.945.